The van der Waals surface area contributed by atoms with Crippen LogP contribution in [0.3, 0.4) is 0 Å². The zero-order valence-corrected chi connectivity index (χ0v) is 12.1. The smallest absolute Gasteiger partial charge is 0.258 e. The maximum Gasteiger partial charge on any atom is 0.258 e. The molecule has 1 aromatic carbocycles. The Labute approximate surface area is 126 Å². The van der Waals surface area contributed by atoms with E-state index in [0.29, 0.717) is 23.0 Å². The number of nitrogens with zero attached hydrogens (tertiary/aromatic N) is 2. The molecule has 2 aromatic rings. The second-order valence-corrected chi connectivity index (χ2v) is 4.60. The van der Waals surface area contributed by atoms with Crippen LogP contribution in [0, 0.1) is 6.92 Å². The molecule has 0 saturated heterocycles. The van der Waals surface area contributed by atoms with Gasteiger partial charge in [-0.3, -0.25) is 4.79 Å². The van der Waals surface area contributed by atoms with Gasteiger partial charge < -0.3 is 20.3 Å². The number of thiocarbonyl (C=S) groups is 1. The van der Waals surface area contributed by atoms with Gasteiger partial charge >= 0.3 is 0 Å². The third kappa shape index (κ3) is 4.25. The fourth-order valence-corrected chi connectivity index (χ4v) is 1.75. The summed E-state index contributed by atoms with van der Waals surface area (Å²) >= 11 is 4.92. The fraction of sp³-hybridized carbons (Fsp3) is 0.231. The van der Waals surface area contributed by atoms with Gasteiger partial charge in [-0.25, -0.2) is 0 Å². The van der Waals surface area contributed by atoms with E-state index in [9.17, 15) is 4.79 Å². The number of carbonyl (C=O) groups excluding carboxylic acids is 1. The number of ether oxygens (including phenoxy) is 1. The van der Waals surface area contributed by atoms with E-state index < -0.39 is 0 Å². The molecule has 0 fully saturated rings. The summed E-state index contributed by atoms with van der Waals surface area (Å²) in [6.07, 6.45) is 0. The second-order valence-electron chi connectivity index (χ2n) is 4.16. The summed E-state index contributed by atoms with van der Waals surface area (Å²) in [5.74, 6) is 1.00. The van der Waals surface area contributed by atoms with Crippen LogP contribution in [0.4, 0.5) is 0 Å². The summed E-state index contributed by atoms with van der Waals surface area (Å²) in [6.45, 7) is 1.69. The van der Waals surface area contributed by atoms with Gasteiger partial charge in [-0.05, 0) is 19.1 Å². The van der Waals surface area contributed by atoms with E-state index in [-0.39, 0.29) is 24.0 Å². The topological polar surface area (TPSA) is 103 Å². The Bertz CT molecular complexity index is 656. The van der Waals surface area contributed by atoms with Gasteiger partial charge in [-0.2, -0.15) is 4.98 Å². The number of hydrogen-bond acceptors (Lipinski definition) is 6. The summed E-state index contributed by atoms with van der Waals surface area (Å²) in [5.41, 5.74) is 6.17. The van der Waals surface area contributed by atoms with Crippen LogP contribution < -0.4 is 15.8 Å². The highest BCUT2D eigenvalue weighted by atomic mass is 32.1. The van der Waals surface area contributed by atoms with E-state index in [4.69, 9.17) is 27.2 Å². The van der Waals surface area contributed by atoms with Crippen LogP contribution in [0.25, 0.3) is 0 Å². The summed E-state index contributed by atoms with van der Waals surface area (Å²) in [6, 6.07) is 7.00. The SMILES string of the molecule is Cc1noc(CNC(=O)COc2ccccc2C(N)=S)n1. The number of aryl methyl sites for hydroxylation is 1. The predicted molar refractivity (Wildman–Crippen MR) is 78.7 cm³/mol. The van der Waals surface area contributed by atoms with E-state index in [1.165, 1.54) is 0 Å². The van der Waals surface area contributed by atoms with Crippen LogP contribution in [-0.2, 0) is 11.3 Å². The molecule has 0 bridgehead atoms. The Morgan fingerprint density at radius 2 is 2.24 bits per heavy atom. The molecule has 2 rings (SSSR count). The number of benzene rings is 1. The molecular weight excluding hydrogens is 292 g/mol. The molecule has 0 aliphatic heterocycles. The van der Waals surface area contributed by atoms with Crippen molar-refractivity contribution in [3.05, 3.63) is 41.5 Å². The number of rotatable bonds is 6. The number of aromatic nitrogens is 2. The molecule has 110 valence electrons. The zero-order valence-electron chi connectivity index (χ0n) is 11.3. The standard InChI is InChI=1S/C13H14N4O3S/c1-8-16-12(20-17-8)6-15-11(18)7-19-10-5-3-2-4-9(10)13(14)21/h2-5H,6-7H2,1H3,(H2,14,21)(H,15,18). The van der Waals surface area contributed by atoms with E-state index in [1.54, 1.807) is 31.2 Å². The van der Waals surface area contributed by atoms with Crippen LogP contribution in [0.2, 0.25) is 0 Å². The predicted octanol–water partition coefficient (Wildman–Crippen LogP) is 0.707. The highest BCUT2D eigenvalue weighted by Gasteiger charge is 2.09. The number of para-hydroxylation sites is 1. The van der Waals surface area contributed by atoms with E-state index in [1.807, 2.05) is 0 Å². The first-order valence-electron chi connectivity index (χ1n) is 6.14. The Balaban J connectivity index is 1.85. The van der Waals surface area contributed by atoms with E-state index in [0.717, 1.165) is 0 Å². The number of nitrogens with one attached hydrogen (secondary N) is 1. The van der Waals surface area contributed by atoms with Crippen molar-refractivity contribution < 1.29 is 14.1 Å². The van der Waals surface area contributed by atoms with Crippen molar-refractivity contribution in [2.75, 3.05) is 6.61 Å². The third-order valence-electron chi connectivity index (χ3n) is 2.52. The van der Waals surface area contributed by atoms with Crippen LogP contribution in [0.15, 0.2) is 28.8 Å². The molecule has 7 nitrogen and oxygen atoms in total. The first-order valence-corrected chi connectivity index (χ1v) is 6.54. The largest absolute Gasteiger partial charge is 0.483 e. The van der Waals surface area contributed by atoms with E-state index >= 15 is 0 Å². The van der Waals surface area contributed by atoms with Gasteiger partial charge in [-0.15, -0.1) is 0 Å². The average Bonchev–Trinajstić information content (AvgIpc) is 2.88. The molecule has 3 N–H and O–H groups in total. The lowest BCUT2D eigenvalue weighted by Crippen LogP contribution is -2.29. The maximum absolute atomic E-state index is 11.7. The van der Waals surface area contributed by atoms with E-state index in [2.05, 4.69) is 15.5 Å². The lowest BCUT2D eigenvalue weighted by molar-refractivity contribution is -0.123. The minimum absolute atomic E-state index is 0.153. The quantitative estimate of drug-likeness (QED) is 0.757. The number of carbonyl (C=O) groups is 1. The molecule has 1 amide bonds. The Morgan fingerprint density at radius 1 is 1.48 bits per heavy atom. The minimum atomic E-state index is -0.316. The molecule has 1 heterocycles. The van der Waals surface area contributed by atoms with Gasteiger partial charge in [0, 0.05) is 0 Å². The molecule has 1 aromatic heterocycles. The van der Waals surface area contributed by atoms with Gasteiger partial charge in [-0.1, -0.05) is 29.5 Å². The van der Waals surface area contributed by atoms with Gasteiger partial charge in [0.2, 0.25) is 5.89 Å². The molecule has 0 unspecified atom stereocenters. The van der Waals surface area contributed by atoms with Crippen LogP contribution in [-0.4, -0.2) is 27.6 Å². The third-order valence-corrected chi connectivity index (χ3v) is 2.74. The number of hydrogen-bond donors (Lipinski definition) is 2. The summed E-state index contributed by atoms with van der Waals surface area (Å²) < 4.78 is 10.3. The first-order chi connectivity index (χ1) is 10.1. The monoisotopic (exact) mass is 306 g/mol. The van der Waals surface area contributed by atoms with Gasteiger partial charge in [0.1, 0.15) is 10.7 Å². The summed E-state index contributed by atoms with van der Waals surface area (Å²) in [4.78, 5) is 15.9. The van der Waals surface area contributed by atoms with Crippen LogP contribution in [0.5, 0.6) is 5.75 Å². The zero-order chi connectivity index (χ0) is 15.2. The molecular formula is C13H14N4O3S. The van der Waals surface area contributed by atoms with Crippen molar-refractivity contribution in [1.29, 1.82) is 0 Å². The second kappa shape index (κ2) is 6.80. The Kier molecular flexibility index (Phi) is 4.83. The lowest BCUT2D eigenvalue weighted by Gasteiger charge is -2.10. The van der Waals surface area contributed by atoms with Crippen molar-refractivity contribution in [1.82, 2.24) is 15.5 Å². The van der Waals surface area contributed by atoms with Crippen molar-refractivity contribution in [3.63, 3.8) is 0 Å². The molecule has 0 aliphatic rings. The molecule has 0 atom stereocenters. The first kappa shape index (κ1) is 14.9. The minimum Gasteiger partial charge on any atom is -0.483 e. The van der Waals surface area contributed by atoms with Crippen LogP contribution in [0.1, 0.15) is 17.3 Å². The Morgan fingerprint density at radius 3 is 2.90 bits per heavy atom. The fourth-order valence-electron chi connectivity index (χ4n) is 1.58. The summed E-state index contributed by atoms with van der Waals surface area (Å²) in [5, 5.41) is 6.23. The van der Waals surface area contributed by atoms with Crippen molar-refractivity contribution in [2.24, 2.45) is 5.73 Å². The number of nitrogens with two attached hydrogens (primary N) is 1. The van der Waals surface area contributed by atoms with Crippen LogP contribution >= 0.6 is 12.2 Å². The van der Waals surface area contributed by atoms with Gasteiger partial charge in [0.05, 0.1) is 12.1 Å². The molecule has 0 spiro atoms. The highest BCUT2D eigenvalue weighted by Crippen LogP contribution is 2.17. The average molecular weight is 306 g/mol. The van der Waals surface area contributed by atoms with Gasteiger partial charge in [0.25, 0.3) is 5.91 Å². The molecule has 21 heavy (non-hydrogen) atoms. The highest BCUT2D eigenvalue weighted by molar-refractivity contribution is 7.80. The van der Waals surface area contributed by atoms with Crippen molar-refractivity contribution >= 4 is 23.1 Å². The van der Waals surface area contributed by atoms with Gasteiger partial charge in [0.15, 0.2) is 12.4 Å². The number of amides is 1. The van der Waals surface area contributed by atoms with Crippen molar-refractivity contribution in [2.45, 2.75) is 13.5 Å². The molecule has 0 radical (unpaired) electrons. The maximum atomic E-state index is 11.7. The molecule has 0 saturated carbocycles. The van der Waals surface area contributed by atoms with Crippen molar-refractivity contribution in [3.8, 4) is 5.75 Å². The Hall–Kier alpha value is -2.48. The molecule has 8 heteroatoms. The molecule has 0 aliphatic carbocycles. The lowest BCUT2D eigenvalue weighted by atomic mass is 10.2. The summed E-state index contributed by atoms with van der Waals surface area (Å²) in [7, 11) is 0. The normalized spacial score (nSPS) is 10.1.